The van der Waals surface area contributed by atoms with Crippen molar-refractivity contribution >= 4 is 39.1 Å². The quantitative estimate of drug-likeness (QED) is 0.498. The van der Waals surface area contributed by atoms with Gasteiger partial charge >= 0.3 is 0 Å². The number of ether oxygens (including phenoxy) is 2. The van der Waals surface area contributed by atoms with Crippen molar-refractivity contribution in [2.75, 3.05) is 14.2 Å². The molecule has 0 fully saturated rings. The summed E-state index contributed by atoms with van der Waals surface area (Å²) in [5.74, 6) is 0.714. The molecule has 0 aliphatic carbocycles. The van der Waals surface area contributed by atoms with Gasteiger partial charge in [0.05, 0.1) is 24.6 Å². The first-order valence-corrected chi connectivity index (χ1v) is 7.59. The van der Waals surface area contributed by atoms with Gasteiger partial charge in [0.1, 0.15) is 17.3 Å². The Labute approximate surface area is 140 Å². The smallest absolute Gasteiger partial charge is 0.129 e. The lowest BCUT2D eigenvalue weighted by Crippen LogP contribution is -2.01. The summed E-state index contributed by atoms with van der Waals surface area (Å²) in [5.41, 5.74) is 0.922. The van der Waals surface area contributed by atoms with Crippen LogP contribution in [0.4, 0.5) is 4.39 Å². The molecule has 0 aromatic heterocycles. The number of alkyl halides is 1. The van der Waals surface area contributed by atoms with E-state index < -0.39 is 11.2 Å². The maximum Gasteiger partial charge on any atom is 0.129 e. The fourth-order valence-corrected chi connectivity index (χ4v) is 2.76. The van der Waals surface area contributed by atoms with Gasteiger partial charge in [-0.3, -0.25) is 0 Å². The van der Waals surface area contributed by atoms with Crippen molar-refractivity contribution in [3.05, 3.63) is 56.8 Å². The third kappa shape index (κ3) is 3.44. The predicted molar refractivity (Wildman–Crippen MR) is 86.4 cm³/mol. The van der Waals surface area contributed by atoms with E-state index in [1.54, 1.807) is 25.3 Å². The lowest BCUT2D eigenvalue weighted by Gasteiger charge is -2.16. The topological polar surface area (TPSA) is 18.5 Å². The molecule has 2 aromatic carbocycles. The molecule has 0 radical (unpaired) electrons. The van der Waals surface area contributed by atoms with E-state index in [4.69, 9.17) is 32.7 Å². The van der Waals surface area contributed by atoms with Crippen LogP contribution in [0.2, 0.25) is 5.02 Å². The van der Waals surface area contributed by atoms with Gasteiger partial charge in [-0.2, -0.15) is 0 Å². The summed E-state index contributed by atoms with van der Waals surface area (Å²) in [6.07, 6.45) is 0. The third-order valence-electron chi connectivity index (χ3n) is 3.03. The van der Waals surface area contributed by atoms with Crippen molar-refractivity contribution < 1.29 is 13.9 Å². The maximum atomic E-state index is 14.1. The van der Waals surface area contributed by atoms with Gasteiger partial charge in [0.15, 0.2) is 0 Å². The molecular formula is C15H12BrCl2FO2. The second kappa shape index (κ2) is 6.86. The molecule has 1 atom stereocenters. The Morgan fingerprint density at radius 1 is 1.10 bits per heavy atom. The zero-order chi connectivity index (χ0) is 15.6. The Morgan fingerprint density at radius 2 is 1.81 bits per heavy atom. The van der Waals surface area contributed by atoms with Gasteiger partial charge in [0.25, 0.3) is 0 Å². The Bertz CT molecular complexity index is 664. The van der Waals surface area contributed by atoms with Crippen LogP contribution in [0.15, 0.2) is 34.8 Å². The molecule has 0 saturated heterocycles. The Hall–Kier alpha value is -0.970. The second-order valence-corrected chi connectivity index (χ2v) is 5.96. The van der Waals surface area contributed by atoms with Crippen molar-refractivity contribution in [1.29, 1.82) is 0 Å². The summed E-state index contributed by atoms with van der Waals surface area (Å²) in [6.45, 7) is 0. The monoisotopic (exact) mass is 392 g/mol. The first kappa shape index (κ1) is 16.4. The summed E-state index contributed by atoms with van der Waals surface area (Å²) < 4.78 is 25.0. The van der Waals surface area contributed by atoms with E-state index in [0.717, 1.165) is 0 Å². The van der Waals surface area contributed by atoms with Crippen LogP contribution in [0.5, 0.6) is 11.5 Å². The van der Waals surface area contributed by atoms with Gasteiger partial charge in [0.2, 0.25) is 0 Å². The van der Waals surface area contributed by atoms with Crippen molar-refractivity contribution in [2.45, 2.75) is 5.38 Å². The fourth-order valence-electron chi connectivity index (χ4n) is 1.93. The first-order chi connectivity index (χ1) is 9.97. The number of rotatable bonds is 4. The molecule has 0 aliphatic rings. The minimum Gasteiger partial charge on any atom is -0.497 e. The van der Waals surface area contributed by atoms with E-state index >= 15 is 0 Å². The number of hydrogen-bond donors (Lipinski definition) is 0. The Morgan fingerprint density at radius 3 is 2.43 bits per heavy atom. The van der Waals surface area contributed by atoms with Crippen LogP contribution in [-0.2, 0) is 0 Å². The number of benzene rings is 2. The molecule has 0 saturated carbocycles. The minimum absolute atomic E-state index is 0.285. The van der Waals surface area contributed by atoms with Crippen LogP contribution < -0.4 is 9.47 Å². The van der Waals surface area contributed by atoms with E-state index in [2.05, 4.69) is 15.9 Å². The number of methoxy groups -OCH3 is 2. The molecule has 0 heterocycles. The average Bonchev–Trinajstić information content (AvgIpc) is 2.49. The number of halogens is 4. The summed E-state index contributed by atoms with van der Waals surface area (Å²) in [4.78, 5) is 0. The Kier molecular flexibility index (Phi) is 5.36. The minimum atomic E-state index is -0.726. The molecule has 0 N–H and O–H groups in total. The van der Waals surface area contributed by atoms with Gasteiger partial charge in [-0.05, 0) is 40.2 Å². The first-order valence-electron chi connectivity index (χ1n) is 5.98. The molecule has 2 aromatic rings. The van der Waals surface area contributed by atoms with E-state index in [1.165, 1.54) is 19.2 Å². The molecule has 112 valence electrons. The standard InChI is InChI=1S/C15H12BrCl2FO2/c1-20-8-3-4-9(14(5-8)21-2)15(18)10-6-12(17)11(16)7-13(10)19/h3-7,15H,1-2H3. The highest BCUT2D eigenvalue weighted by Crippen LogP contribution is 2.40. The van der Waals surface area contributed by atoms with Crippen LogP contribution in [0.1, 0.15) is 16.5 Å². The van der Waals surface area contributed by atoms with Gasteiger partial charge in [0, 0.05) is 21.7 Å². The van der Waals surface area contributed by atoms with Crippen molar-refractivity contribution in [1.82, 2.24) is 0 Å². The van der Waals surface area contributed by atoms with E-state index in [-0.39, 0.29) is 5.56 Å². The molecule has 1 unspecified atom stereocenters. The fraction of sp³-hybridized carbons (Fsp3) is 0.200. The summed E-state index contributed by atoms with van der Waals surface area (Å²) in [5, 5.41) is -0.332. The van der Waals surface area contributed by atoms with E-state index in [9.17, 15) is 4.39 Å². The zero-order valence-electron chi connectivity index (χ0n) is 11.3. The molecule has 0 aliphatic heterocycles. The normalized spacial score (nSPS) is 12.1. The van der Waals surface area contributed by atoms with E-state index in [0.29, 0.717) is 26.6 Å². The lowest BCUT2D eigenvalue weighted by molar-refractivity contribution is 0.391. The molecule has 0 bridgehead atoms. The Balaban J connectivity index is 2.49. The van der Waals surface area contributed by atoms with E-state index in [1.807, 2.05) is 0 Å². The van der Waals surface area contributed by atoms with Gasteiger partial charge in [-0.25, -0.2) is 4.39 Å². The summed E-state index contributed by atoms with van der Waals surface area (Å²) in [7, 11) is 3.08. The van der Waals surface area contributed by atoms with Crippen molar-refractivity contribution in [3.63, 3.8) is 0 Å². The molecule has 2 rings (SSSR count). The van der Waals surface area contributed by atoms with Crippen molar-refractivity contribution in [3.8, 4) is 11.5 Å². The largest absolute Gasteiger partial charge is 0.497 e. The average molecular weight is 394 g/mol. The van der Waals surface area contributed by atoms with Crippen LogP contribution in [-0.4, -0.2) is 14.2 Å². The highest BCUT2D eigenvalue weighted by Gasteiger charge is 2.21. The van der Waals surface area contributed by atoms with Gasteiger partial charge in [-0.15, -0.1) is 11.6 Å². The van der Waals surface area contributed by atoms with Crippen LogP contribution in [0.25, 0.3) is 0 Å². The van der Waals surface area contributed by atoms with Crippen LogP contribution in [0, 0.1) is 5.82 Å². The second-order valence-electron chi connectivity index (χ2n) is 4.26. The van der Waals surface area contributed by atoms with Crippen molar-refractivity contribution in [2.24, 2.45) is 0 Å². The summed E-state index contributed by atoms with van der Waals surface area (Å²) >= 11 is 15.6. The van der Waals surface area contributed by atoms with Gasteiger partial charge < -0.3 is 9.47 Å². The molecular weight excluding hydrogens is 382 g/mol. The lowest BCUT2D eigenvalue weighted by atomic mass is 10.0. The van der Waals surface area contributed by atoms with Crippen LogP contribution >= 0.6 is 39.1 Å². The SMILES string of the molecule is COc1ccc(C(Cl)c2cc(Cl)c(Br)cc2F)c(OC)c1. The highest BCUT2D eigenvalue weighted by molar-refractivity contribution is 9.10. The summed E-state index contributed by atoms with van der Waals surface area (Å²) in [6, 6.07) is 7.98. The maximum absolute atomic E-state index is 14.1. The third-order valence-corrected chi connectivity index (χ3v) is 4.69. The zero-order valence-corrected chi connectivity index (χ0v) is 14.4. The molecule has 2 nitrogen and oxygen atoms in total. The highest BCUT2D eigenvalue weighted by atomic mass is 79.9. The molecule has 21 heavy (non-hydrogen) atoms. The van der Waals surface area contributed by atoms with Crippen LogP contribution in [0.3, 0.4) is 0 Å². The van der Waals surface area contributed by atoms with Gasteiger partial charge in [-0.1, -0.05) is 11.6 Å². The molecule has 0 spiro atoms. The molecule has 6 heteroatoms. The number of hydrogen-bond acceptors (Lipinski definition) is 2. The predicted octanol–water partition coefficient (Wildman–Crippen LogP) is 5.59. The molecule has 0 amide bonds.